The van der Waals surface area contributed by atoms with Crippen molar-refractivity contribution in [1.29, 1.82) is 0 Å². The average molecular weight is 324 g/mol. The molecule has 2 rings (SSSR count). The summed E-state index contributed by atoms with van der Waals surface area (Å²) in [6, 6.07) is 5.86. The Balaban J connectivity index is 0.00000180. The second-order valence-corrected chi connectivity index (χ2v) is 6.47. The van der Waals surface area contributed by atoms with Crippen LogP contribution in [-0.2, 0) is 6.54 Å². The summed E-state index contributed by atoms with van der Waals surface area (Å²) in [6.45, 7) is 6.60. The molecule has 0 saturated carbocycles. The Morgan fingerprint density at radius 2 is 2.05 bits per heavy atom. The minimum Gasteiger partial charge on any atom is -0.316 e. The van der Waals surface area contributed by atoms with Gasteiger partial charge in [0, 0.05) is 19.6 Å². The number of rotatable bonds is 4. The van der Waals surface area contributed by atoms with Crippen molar-refractivity contribution in [3.05, 3.63) is 33.8 Å². The molecule has 0 aliphatic carbocycles. The molecule has 1 fully saturated rings. The third kappa shape index (κ3) is 4.80. The molecule has 1 aliphatic rings. The summed E-state index contributed by atoms with van der Waals surface area (Å²) in [5.74, 6) is 0. The van der Waals surface area contributed by atoms with Gasteiger partial charge in [-0.05, 0) is 43.1 Å². The molecule has 19 heavy (non-hydrogen) atoms. The van der Waals surface area contributed by atoms with Gasteiger partial charge in [0.05, 0.1) is 10.0 Å². The summed E-state index contributed by atoms with van der Waals surface area (Å²) in [6.07, 6.45) is 1.25. The zero-order valence-electron chi connectivity index (χ0n) is 11.4. The lowest BCUT2D eigenvalue weighted by atomic mass is 9.89. The molecule has 108 valence electrons. The highest BCUT2D eigenvalue weighted by molar-refractivity contribution is 6.42. The lowest BCUT2D eigenvalue weighted by Crippen LogP contribution is -2.34. The van der Waals surface area contributed by atoms with Gasteiger partial charge in [-0.15, -0.1) is 12.4 Å². The third-order valence-electron chi connectivity index (χ3n) is 3.55. The number of halogens is 3. The van der Waals surface area contributed by atoms with E-state index in [-0.39, 0.29) is 12.4 Å². The lowest BCUT2D eigenvalue weighted by molar-refractivity contribution is 0.203. The van der Waals surface area contributed by atoms with E-state index in [9.17, 15) is 0 Å². The summed E-state index contributed by atoms with van der Waals surface area (Å²) < 4.78 is 0. The van der Waals surface area contributed by atoms with Gasteiger partial charge in [0.1, 0.15) is 0 Å². The quantitative estimate of drug-likeness (QED) is 0.905. The van der Waals surface area contributed by atoms with Crippen molar-refractivity contribution in [2.24, 2.45) is 5.41 Å². The molecule has 0 radical (unpaired) electrons. The Hall–Kier alpha value is 0.01000. The number of nitrogens with one attached hydrogen (secondary N) is 1. The Morgan fingerprint density at radius 3 is 2.63 bits per heavy atom. The molecule has 1 aromatic rings. The van der Waals surface area contributed by atoms with Gasteiger partial charge in [-0.25, -0.2) is 0 Å². The average Bonchev–Trinajstić information content (AvgIpc) is 2.70. The molecule has 0 aromatic heterocycles. The maximum Gasteiger partial charge on any atom is 0.0595 e. The molecule has 2 nitrogen and oxygen atoms in total. The molecule has 1 atom stereocenters. The second kappa shape index (κ2) is 7.14. The first-order valence-corrected chi connectivity index (χ1v) is 7.07. The number of benzene rings is 1. The van der Waals surface area contributed by atoms with E-state index in [0.717, 1.165) is 26.2 Å². The topological polar surface area (TPSA) is 15.3 Å². The van der Waals surface area contributed by atoms with Crippen LogP contribution in [0.2, 0.25) is 10.0 Å². The largest absolute Gasteiger partial charge is 0.316 e. The predicted octanol–water partition coefficient (Wildman–Crippen LogP) is 3.85. The first kappa shape index (κ1) is 17.1. The van der Waals surface area contributed by atoms with Crippen LogP contribution in [0.4, 0.5) is 0 Å². The molecule has 0 amide bonds. The standard InChI is InChI=1S/C14H20Cl2N2.ClH/c1-14(5-6-17-9-14)10-18(2)8-11-3-4-12(15)13(16)7-11;/h3-4,7,17H,5-6,8-10H2,1-2H3;1H. The van der Waals surface area contributed by atoms with E-state index in [0.29, 0.717) is 15.5 Å². The van der Waals surface area contributed by atoms with E-state index in [2.05, 4.69) is 24.2 Å². The fraction of sp³-hybridized carbons (Fsp3) is 0.571. The number of hydrogen-bond acceptors (Lipinski definition) is 2. The highest BCUT2D eigenvalue weighted by Crippen LogP contribution is 2.27. The fourth-order valence-corrected chi connectivity index (χ4v) is 2.98. The molecule has 5 heteroatoms. The van der Waals surface area contributed by atoms with Crippen LogP contribution in [0.25, 0.3) is 0 Å². The molecule has 1 saturated heterocycles. The van der Waals surface area contributed by atoms with Gasteiger partial charge >= 0.3 is 0 Å². The van der Waals surface area contributed by atoms with Crippen LogP contribution < -0.4 is 5.32 Å². The first-order chi connectivity index (χ1) is 8.48. The molecule has 1 aromatic carbocycles. The van der Waals surface area contributed by atoms with Crippen LogP contribution in [-0.4, -0.2) is 31.6 Å². The van der Waals surface area contributed by atoms with E-state index in [4.69, 9.17) is 23.2 Å². The minimum atomic E-state index is 0. The van der Waals surface area contributed by atoms with Crippen molar-refractivity contribution in [3.63, 3.8) is 0 Å². The first-order valence-electron chi connectivity index (χ1n) is 6.32. The summed E-state index contributed by atoms with van der Waals surface area (Å²) >= 11 is 12.0. The highest BCUT2D eigenvalue weighted by Gasteiger charge is 2.29. The highest BCUT2D eigenvalue weighted by atomic mass is 35.5. The van der Waals surface area contributed by atoms with Crippen LogP contribution in [0.15, 0.2) is 18.2 Å². The minimum absolute atomic E-state index is 0. The number of nitrogens with zero attached hydrogens (tertiary/aromatic N) is 1. The van der Waals surface area contributed by atoms with E-state index in [1.807, 2.05) is 18.2 Å². The fourth-order valence-electron chi connectivity index (χ4n) is 2.66. The Labute approximate surface area is 131 Å². The van der Waals surface area contributed by atoms with Gasteiger partial charge in [0.15, 0.2) is 0 Å². The van der Waals surface area contributed by atoms with Gasteiger partial charge in [-0.3, -0.25) is 0 Å². The van der Waals surface area contributed by atoms with Crippen LogP contribution in [0.3, 0.4) is 0 Å². The smallest absolute Gasteiger partial charge is 0.0595 e. The van der Waals surface area contributed by atoms with E-state index >= 15 is 0 Å². The van der Waals surface area contributed by atoms with Crippen molar-refractivity contribution in [2.45, 2.75) is 19.9 Å². The molecular weight excluding hydrogens is 303 g/mol. The van der Waals surface area contributed by atoms with Gasteiger partial charge in [0.25, 0.3) is 0 Å². The SMILES string of the molecule is CN(Cc1ccc(Cl)c(Cl)c1)CC1(C)CCNC1.Cl. The predicted molar refractivity (Wildman–Crippen MR) is 85.6 cm³/mol. The number of hydrogen-bond donors (Lipinski definition) is 1. The monoisotopic (exact) mass is 322 g/mol. The maximum atomic E-state index is 6.03. The van der Waals surface area contributed by atoms with Crippen molar-refractivity contribution in [1.82, 2.24) is 10.2 Å². The van der Waals surface area contributed by atoms with Crippen molar-refractivity contribution < 1.29 is 0 Å². The summed E-state index contributed by atoms with van der Waals surface area (Å²) in [7, 11) is 2.16. The van der Waals surface area contributed by atoms with E-state index in [1.165, 1.54) is 12.0 Å². The normalized spacial score (nSPS) is 22.6. The van der Waals surface area contributed by atoms with Crippen molar-refractivity contribution >= 4 is 35.6 Å². The molecule has 1 N–H and O–H groups in total. The molecule has 1 aliphatic heterocycles. The molecule has 0 bridgehead atoms. The third-order valence-corrected chi connectivity index (χ3v) is 4.28. The zero-order valence-corrected chi connectivity index (χ0v) is 13.7. The maximum absolute atomic E-state index is 6.03. The molecule has 1 heterocycles. The summed E-state index contributed by atoms with van der Waals surface area (Å²) in [5.41, 5.74) is 1.60. The van der Waals surface area contributed by atoms with Crippen LogP contribution in [0.1, 0.15) is 18.9 Å². The van der Waals surface area contributed by atoms with Gasteiger partial charge in [0.2, 0.25) is 0 Å². The summed E-state index contributed by atoms with van der Waals surface area (Å²) in [5, 5.41) is 4.69. The van der Waals surface area contributed by atoms with Crippen LogP contribution in [0.5, 0.6) is 0 Å². The van der Waals surface area contributed by atoms with Gasteiger partial charge in [-0.2, -0.15) is 0 Å². The Bertz CT molecular complexity index is 417. The Kier molecular flexibility index (Phi) is 6.41. The second-order valence-electron chi connectivity index (χ2n) is 5.66. The van der Waals surface area contributed by atoms with Crippen molar-refractivity contribution in [3.8, 4) is 0 Å². The summed E-state index contributed by atoms with van der Waals surface area (Å²) in [4.78, 5) is 2.35. The molecular formula is C14H21Cl3N2. The van der Waals surface area contributed by atoms with E-state index < -0.39 is 0 Å². The van der Waals surface area contributed by atoms with Gasteiger partial charge < -0.3 is 10.2 Å². The zero-order chi connectivity index (χ0) is 13.2. The van der Waals surface area contributed by atoms with E-state index in [1.54, 1.807) is 0 Å². The van der Waals surface area contributed by atoms with Crippen LogP contribution >= 0.6 is 35.6 Å². The molecule has 1 unspecified atom stereocenters. The van der Waals surface area contributed by atoms with Crippen molar-refractivity contribution in [2.75, 3.05) is 26.7 Å². The van der Waals surface area contributed by atoms with Gasteiger partial charge in [-0.1, -0.05) is 36.2 Å². The van der Waals surface area contributed by atoms with Crippen LogP contribution in [0, 0.1) is 5.41 Å². The Morgan fingerprint density at radius 1 is 1.32 bits per heavy atom. The lowest BCUT2D eigenvalue weighted by Gasteiger charge is -2.29. The molecule has 0 spiro atoms.